The van der Waals surface area contributed by atoms with Gasteiger partial charge in [0.15, 0.2) is 6.29 Å². The van der Waals surface area contributed by atoms with Gasteiger partial charge in [-0.1, -0.05) is 6.07 Å². The van der Waals surface area contributed by atoms with Crippen molar-refractivity contribution in [2.24, 2.45) is 7.05 Å². The van der Waals surface area contributed by atoms with Crippen molar-refractivity contribution < 1.29 is 14.3 Å². The summed E-state index contributed by atoms with van der Waals surface area (Å²) in [5, 5.41) is 12.6. The van der Waals surface area contributed by atoms with E-state index in [1.54, 1.807) is 18.3 Å². The van der Waals surface area contributed by atoms with Gasteiger partial charge in [0, 0.05) is 49.7 Å². The smallest absolute Gasteiger partial charge is 0.152 e. The maximum Gasteiger partial charge on any atom is 0.152 e. The van der Waals surface area contributed by atoms with Crippen LogP contribution in [0, 0.1) is 5.82 Å². The van der Waals surface area contributed by atoms with E-state index in [1.165, 1.54) is 12.1 Å². The molecule has 0 aliphatic rings. The van der Waals surface area contributed by atoms with Gasteiger partial charge in [-0.3, -0.25) is 14.5 Å². The first-order valence-electron chi connectivity index (χ1n) is 9.89. The largest absolute Gasteiger partial charge is 0.400 e. The molecule has 2 aromatic carbocycles. The lowest BCUT2D eigenvalue weighted by Crippen LogP contribution is -2.09. The lowest BCUT2D eigenvalue weighted by molar-refractivity contribution is 0.112. The summed E-state index contributed by atoms with van der Waals surface area (Å²) in [6.45, 7) is 0. The molecule has 0 bridgehead atoms. The predicted octanol–water partition coefficient (Wildman–Crippen LogP) is 4.44. The fraction of sp³-hybridized carbons (Fsp3) is 0.125. The number of aliphatic hydroxyl groups excluding tert-OH is 1. The standard InChI is InChI=1S/C23H18FN5O.CH4O/c1-28(16-5-3-4-15(24)10-16)17-6-7-18-19(11-17)27-29(2)23(18)21-12-20-22(26-21)14(13-30)8-9-25-20;1-2/h3-13,26H,1-2H3;2H,1H3. The zero-order chi connectivity index (χ0) is 22.8. The first-order valence-corrected chi connectivity index (χ1v) is 9.89. The molecular formula is C24H22FN5O2. The van der Waals surface area contributed by atoms with Gasteiger partial charge in [0.2, 0.25) is 0 Å². The molecule has 0 fully saturated rings. The molecule has 0 saturated heterocycles. The molecule has 0 amide bonds. The van der Waals surface area contributed by atoms with Crippen LogP contribution in [0.4, 0.5) is 15.8 Å². The summed E-state index contributed by atoms with van der Waals surface area (Å²) < 4.78 is 15.4. The van der Waals surface area contributed by atoms with Crippen LogP contribution in [0.25, 0.3) is 33.3 Å². The van der Waals surface area contributed by atoms with E-state index in [0.717, 1.165) is 52.6 Å². The lowest BCUT2D eigenvalue weighted by Gasteiger charge is -2.19. The number of hydrogen-bond acceptors (Lipinski definition) is 5. The van der Waals surface area contributed by atoms with Gasteiger partial charge in [0.1, 0.15) is 5.82 Å². The number of rotatable bonds is 4. The summed E-state index contributed by atoms with van der Waals surface area (Å²) >= 11 is 0. The van der Waals surface area contributed by atoms with Gasteiger partial charge in [0.25, 0.3) is 0 Å². The number of aldehydes is 1. The topological polar surface area (TPSA) is 87.0 Å². The van der Waals surface area contributed by atoms with E-state index in [2.05, 4.69) is 15.1 Å². The van der Waals surface area contributed by atoms with E-state index in [0.29, 0.717) is 11.1 Å². The summed E-state index contributed by atoms with van der Waals surface area (Å²) in [7, 11) is 4.77. The molecule has 8 heteroatoms. The molecular weight excluding hydrogens is 409 g/mol. The van der Waals surface area contributed by atoms with Crippen LogP contribution in [-0.4, -0.2) is 45.3 Å². The normalized spacial score (nSPS) is 10.8. The highest BCUT2D eigenvalue weighted by atomic mass is 19.1. The summed E-state index contributed by atoms with van der Waals surface area (Å²) in [4.78, 5) is 20.9. The van der Waals surface area contributed by atoms with Crippen molar-refractivity contribution in [2.45, 2.75) is 0 Å². The second-order valence-electron chi connectivity index (χ2n) is 7.17. The summed E-state index contributed by atoms with van der Waals surface area (Å²) in [5.41, 5.74) is 6.22. The van der Waals surface area contributed by atoms with Crippen molar-refractivity contribution in [3.63, 3.8) is 0 Å². The Labute approximate surface area is 183 Å². The third-order valence-corrected chi connectivity index (χ3v) is 5.34. The van der Waals surface area contributed by atoms with Crippen LogP contribution < -0.4 is 4.90 Å². The van der Waals surface area contributed by atoms with E-state index in [-0.39, 0.29) is 5.82 Å². The Morgan fingerprint density at radius 3 is 2.59 bits per heavy atom. The maximum atomic E-state index is 13.6. The van der Waals surface area contributed by atoms with Crippen LogP contribution in [0.5, 0.6) is 0 Å². The second-order valence-corrected chi connectivity index (χ2v) is 7.17. The van der Waals surface area contributed by atoms with Crippen molar-refractivity contribution in [1.82, 2.24) is 19.7 Å². The van der Waals surface area contributed by atoms with Gasteiger partial charge < -0.3 is 15.0 Å². The van der Waals surface area contributed by atoms with E-state index in [9.17, 15) is 9.18 Å². The van der Waals surface area contributed by atoms with E-state index < -0.39 is 0 Å². The number of benzene rings is 2. The van der Waals surface area contributed by atoms with Crippen LogP contribution in [0.1, 0.15) is 10.4 Å². The monoisotopic (exact) mass is 431 g/mol. The number of aryl methyl sites for hydroxylation is 1. The molecule has 0 aliphatic heterocycles. The molecule has 2 N–H and O–H groups in total. The minimum absolute atomic E-state index is 0.275. The SMILES string of the molecule is CN(c1cccc(F)c1)c1ccc2c(-c3cc4nccc(C=O)c4[nH]3)n(C)nc2c1.CO. The maximum absolute atomic E-state index is 13.6. The fourth-order valence-electron chi connectivity index (χ4n) is 3.82. The number of fused-ring (bicyclic) bond motifs is 2. The number of carbonyl (C=O) groups excluding carboxylic acids is 1. The number of pyridine rings is 1. The van der Waals surface area contributed by atoms with E-state index in [4.69, 9.17) is 5.11 Å². The Bertz CT molecular complexity index is 1420. The summed E-state index contributed by atoms with van der Waals surface area (Å²) in [5.74, 6) is -0.275. The Kier molecular flexibility index (Phi) is 5.70. The molecule has 0 radical (unpaired) electrons. The highest BCUT2D eigenvalue weighted by Gasteiger charge is 2.16. The highest BCUT2D eigenvalue weighted by molar-refractivity contribution is 6.00. The molecule has 7 nitrogen and oxygen atoms in total. The van der Waals surface area contributed by atoms with Crippen molar-refractivity contribution >= 4 is 39.6 Å². The van der Waals surface area contributed by atoms with Gasteiger partial charge in [-0.15, -0.1) is 0 Å². The summed E-state index contributed by atoms with van der Waals surface area (Å²) in [6.07, 6.45) is 2.44. The quantitative estimate of drug-likeness (QED) is 0.411. The third kappa shape index (κ3) is 3.61. The molecule has 3 heterocycles. The van der Waals surface area contributed by atoms with Crippen LogP contribution in [-0.2, 0) is 7.05 Å². The molecule has 3 aromatic heterocycles. The second kappa shape index (κ2) is 8.60. The Morgan fingerprint density at radius 2 is 1.84 bits per heavy atom. The number of halogens is 1. The van der Waals surface area contributed by atoms with Crippen LogP contribution in [0.15, 0.2) is 60.8 Å². The van der Waals surface area contributed by atoms with Crippen LogP contribution in [0.2, 0.25) is 0 Å². The lowest BCUT2D eigenvalue weighted by atomic mass is 10.1. The van der Waals surface area contributed by atoms with Crippen molar-refractivity contribution in [1.29, 1.82) is 0 Å². The molecule has 0 unspecified atom stereocenters. The number of aromatic amines is 1. The Balaban J connectivity index is 0.00000119. The zero-order valence-electron chi connectivity index (χ0n) is 17.9. The molecule has 0 saturated carbocycles. The summed E-state index contributed by atoms with van der Waals surface area (Å²) in [6, 6.07) is 16.0. The molecule has 32 heavy (non-hydrogen) atoms. The number of anilines is 2. The predicted molar refractivity (Wildman–Crippen MR) is 124 cm³/mol. The van der Waals surface area contributed by atoms with Crippen molar-refractivity contribution in [3.8, 4) is 11.4 Å². The number of carbonyl (C=O) groups is 1. The van der Waals surface area contributed by atoms with Gasteiger partial charge in [-0.2, -0.15) is 5.10 Å². The van der Waals surface area contributed by atoms with Crippen molar-refractivity contribution in [2.75, 3.05) is 19.1 Å². The minimum atomic E-state index is -0.275. The van der Waals surface area contributed by atoms with Gasteiger partial charge >= 0.3 is 0 Å². The first-order chi connectivity index (χ1) is 15.5. The molecule has 0 atom stereocenters. The van der Waals surface area contributed by atoms with Crippen LogP contribution >= 0.6 is 0 Å². The minimum Gasteiger partial charge on any atom is -0.400 e. The molecule has 5 aromatic rings. The number of aliphatic hydroxyl groups is 1. The highest BCUT2D eigenvalue weighted by Crippen LogP contribution is 2.33. The molecule has 0 aliphatic carbocycles. The number of H-pyrrole nitrogens is 1. The Hall–Kier alpha value is -4.04. The number of hydrogen-bond donors (Lipinski definition) is 2. The third-order valence-electron chi connectivity index (χ3n) is 5.34. The number of aromatic nitrogens is 4. The Morgan fingerprint density at radius 1 is 1.06 bits per heavy atom. The molecule has 162 valence electrons. The number of nitrogens with one attached hydrogen (secondary N) is 1. The van der Waals surface area contributed by atoms with Gasteiger partial charge in [-0.25, -0.2) is 4.39 Å². The first kappa shape index (κ1) is 21.2. The van der Waals surface area contributed by atoms with Crippen LogP contribution in [0.3, 0.4) is 0 Å². The van der Waals surface area contributed by atoms with Gasteiger partial charge in [0.05, 0.1) is 27.9 Å². The average molecular weight is 431 g/mol. The fourth-order valence-corrected chi connectivity index (χ4v) is 3.82. The molecule has 0 spiro atoms. The zero-order valence-corrected chi connectivity index (χ0v) is 17.9. The molecule has 5 rings (SSSR count). The van der Waals surface area contributed by atoms with Gasteiger partial charge in [-0.05, 0) is 48.5 Å². The number of nitrogens with zero attached hydrogens (tertiary/aromatic N) is 4. The van der Waals surface area contributed by atoms with E-state index in [1.807, 2.05) is 54.0 Å². The van der Waals surface area contributed by atoms with E-state index >= 15 is 0 Å². The van der Waals surface area contributed by atoms with Crippen molar-refractivity contribution in [3.05, 3.63) is 72.2 Å². The average Bonchev–Trinajstić information content (AvgIpc) is 3.38.